The van der Waals surface area contributed by atoms with E-state index >= 15 is 0 Å². The van der Waals surface area contributed by atoms with Crippen LogP contribution < -0.4 is 0 Å². The summed E-state index contributed by atoms with van der Waals surface area (Å²) < 4.78 is 37.4. The Labute approximate surface area is 327 Å². The number of carbonyl (C=O) groups excluding carboxylic acids is 1. The van der Waals surface area contributed by atoms with E-state index in [4.69, 9.17) is 34.8 Å². The summed E-state index contributed by atoms with van der Waals surface area (Å²) in [5.74, 6) is -1.71. The van der Waals surface area contributed by atoms with Gasteiger partial charge in [0.1, 0.15) is 23.9 Å². The number of hydrogen-bond acceptors (Lipinski definition) is 15. The van der Waals surface area contributed by atoms with Gasteiger partial charge in [0, 0.05) is 50.3 Å². The van der Waals surface area contributed by atoms with Crippen molar-refractivity contribution in [1.29, 1.82) is 0 Å². The lowest BCUT2D eigenvalue weighted by molar-refractivity contribution is -0.318. The lowest BCUT2D eigenvalue weighted by Crippen LogP contribution is -2.61. The van der Waals surface area contributed by atoms with Gasteiger partial charge in [0.25, 0.3) is 0 Å². The van der Waals surface area contributed by atoms with Crippen LogP contribution in [0.15, 0.2) is 5.16 Å². The molecule has 318 valence electrons. The maximum Gasteiger partial charge on any atom is 0.311 e. The van der Waals surface area contributed by atoms with E-state index in [-0.39, 0.29) is 31.1 Å². The van der Waals surface area contributed by atoms with Crippen LogP contribution in [-0.2, 0) is 33.2 Å². The highest BCUT2D eigenvalue weighted by molar-refractivity contribution is 5.88. The number of hydrogen-bond donors (Lipinski definition) is 6. The molecule has 0 aromatic rings. The van der Waals surface area contributed by atoms with Crippen molar-refractivity contribution in [3.05, 3.63) is 0 Å². The van der Waals surface area contributed by atoms with E-state index in [2.05, 4.69) is 11.1 Å². The van der Waals surface area contributed by atoms with Gasteiger partial charge in [-0.3, -0.25) is 9.69 Å². The van der Waals surface area contributed by atoms with Crippen LogP contribution in [0.25, 0.3) is 0 Å². The van der Waals surface area contributed by atoms with Crippen LogP contribution in [0.4, 0.5) is 0 Å². The number of cyclic esters (lactones) is 1. The number of terminal acetylenes is 1. The summed E-state index contributed by atoms with van der Waals surface area (Å²) in [6.45, 7) is 17.1. The smallest absolute Gasteiger partial charge is 0.311 e. The second-order valence-corrected chi connectivity index (χ2v) is 17.1. The average molecular weight is 787 g/mol. The number of esters is 1. The molecule has 15 heteroatoms. The number of aliphatic hydroxyl groups is 5. The summed E-state index contributed by atoms with van der Waals surface area (Å²) in [5, 5.41) is 72.3. The van der Waals surface area contributed by atoms with Gasteiger partial charge in [0.2, 0.25) is 0 Å². The molecule has 3 rings (SSSR count). The Morgan fingerprint density at radius 3 is 2.18 bits per heavy atom. The van der Waals surface area contributed by atoms with Crippen molar-refractivity contribution in [1.82, 2.24) is 4.90 Å². The van der Waals surface area contributed by atoms with Crippen molar-refractivity contribution < 1.29 is 64.0 Å². The molecule has 18 atom stereocenters. The second-order valence-electron chi connectivity index (χ2n) is 17.1. The molecule has 0 aliphatic carbocycles. The Bertz CT molecular complexity index is 1320. The van der Waals surface area contributed by atoms with E-state index in [0.29, 0.717) is 19.4 Å². The van der Waals surface area contributed by atoms with Gasteiger partial charge in [-0.2, -0.15) is 0 Å². The van der Waals surface area contributed by atoms with Crippen molar-refractivity contribution in [2.45, 2.75) is 186 Å². The lowest BCUT2D eigenvalue weighted by Gasteiger charge is -2.49. The maximum atomic E-state index is 14.2. The molecule has 3 heterocycles. The monoisotopic (exact) mass is 786 g/mol. The highest BCUT2D eigenvalue weighted by Crippen LogP contribution is 2.41. The van der Waals surface area contributed by atoms with Gasteiger partial charge in [-0.25, -0.2) is 0 Å². The molecule has 0 bridgehead atoms. The number of carbonyl (C=O) groups is 1. The molecule has 3 aliphatic heterocycles. The molecule has 0 spiro atoms. The Morgan fingerprint density at radius 1 is 0.982 bits per heavy atom. The molecule has 55 heavy (non-hydrogen) atoms. The van der Waals surface area contributed by atoms with Gasteiger partial charge in [0.15, 0.2) is 12.6 Å². The summed E-state index contributed by atoms with van der Waals surface area (Å²) in [6.07, 6.45) is -3.89. The Hall–Kier alpha value is -1.94. The summed E-state index contributed by atoms with van der Waals surface area (Å²) in [7, 11) is 3.34. The zero-order valence-corrected chi connectivity index (χ0v) is 34.9. The topological polar surface area (TPSA) is 209 Å². The zero-order valence-electron chi connectivity index (χ0n) is 34.9. The molecular weight excluding hydrogens is 716 g/mol. The summed E-state index contributed by atoms with van der Waals surface area (Å²) >= 11 is 0. The normalized spacial score (nSPS) is 47.5. The molecule has 0 amide bonds. The molecule has 2 unspecified atom stereocenters. The quantitative estimate of drug-likeness (QED) is 0.0859. The predicted molar refractivity (Wildman–Crippen MR) is 203 cm³/mol. The molecule has 3 fully saturated rings. The molecule has 3 aliphatic rings. The minimum atomic E-state index is -1.98. The number of likely N-dealkylation sites (N-methyl/N-ethyl adjacent to an activating group) is 1. The van der Waals surface area contributed by atoms with E-state index in [1.807, 2.05) is 18.9 Å². The lowest BCUT2D eigenvalue weighted by atomic mass is 9.73. The number of methoxy groups -OCH3 is 1. The SMILES string of the molecule is C#CCCN(C)[C@H]1C[C@@H](C)OC(O[C@@H]2[C@@H](C)C(O[C@H]3C[C@@](C)(OC)[C@@H](O)[C@H](C)O3)[C@@H](C)C(=O)O[C@H](CC)[C@@](C)(O)[C@H](O)[C@@H](C)/C(=N/O)[C@H](C)C[C@@]2(C)O)[C@@H]1O. The molecule has 0 aromatic heterocycles. The number of rotatable bonds is 9. The third-order valence-corrected chi connectivity index (χ3v) is 12.5. The van der Waals surface area contributed by atoms with Gasteiger partial charge in [-0.1, -0.05) is 32.9 Å². The Morgan fingerprint density at radius 2 is 1.62 bits per heavy atom. The summed E-state index contributed by atoms with van der Waals surface area (Å²) in [5.41, 5.74) is -4.75. The molecule has 6 N–H and O–H groups in total. The molecule has 0 radical (unpaired) electrons. The minimum Gasteiger partial charge on any atom is -0.459 e. The highest BCUT2D eigenvalue weighted by Gasteiger charge is 2.53. The van der Waals surface area contributed by atoms with Crippen LogP contribution in [0.3, 0.4) is 0 Å². The first-order valence-corrected chi connectivity index (χ1v) is 19.7. The Kier molecular flexibility index (Phi) is 16.6. The number of ether oxygens (including phenoxy) is 6. The fraction of sp³-hybridized carbons (Fsp3) is 0.900. The molecule has 15 nitrogen and oxygen atoms in total. The van der Waals surface area contributed by atoms with Gasteiger partial charge >= 0.3 is 5.97 Å². The van der Waals surface area contributed by atoms with Gasteiger partial charge in [-0.15, -0.1) is 12.3 Å². The summed E-state index contributed by atoms with van der Waals surface area (Å²) in [4.78, 5) is 16.2. The van der Waals surface area contributed by atoms with E-state index < -0.39 is 108 Å². The summed E-state index contributed by atoms with van der Waals surface area (Å²) in [6, 6.07) is -0.398. The molecule has 3 saturated heterocycles. The molecule has 0 saturated carbocycles. The average Bonchev–Trinajstić information content (AvgIpc) is 3.12. The van der Waals surface area contributed by atoms with Crippen molar-refractivity contribution in [2.75, 3.05) is 20.7 Å². The maximum absolute atomic E-state index is 14.2. The largest absolute Gasteiger partial charge is 0.459 e. The van der Waals surface area contributed by atoms with Crippen LogP contribution in [-0.4, -0.2) is 152 Å². The standard InChI is InChI=1S/C40H70N2O13/c1-14-16-17-42(12)27-18-22(4)51-37(31(27)43)55-35-24(6)32(54-29-20-39(10,50-13)34(45)26(8)52-29)25(7)36(46)53-28(15-2)40(11,48)33(44)23(5)30(41-49)21(3)19-38(35,9)47/h1,21-29,31-35,37,43-45,47-49H,15-20H2,2-13H3/b41-30+/t21-,22-,23+,24+,25-,26+,27+,28-,29+,31-,32?,33-,34+,35-,37?,38-,39-,40-/m1/s1. The fourth-order valence-corrected chi connectivity index (χ4v) is 8.94. The first kappa shape index (κ1) is 47.4. The minimum absolute atomic E-state index is 0.0826. The molecule has 0 aromatic carbocycles. The van der Waals surface area contributed by atoms with Crippen molar-refractivity contribution >= 4 is 11.7 Å². The number of oxime groups is 1. The van der Waals surface area contributed by atoms with Crippen LogP contribution in [0, 0.1) is 36.0 Å². The van der Waals surface area contributed by atoms with Crippen LogP contribution in [0.1, 0.15) is 101 Å². The van der Waals surface area contributed by atoms with E-state index in [1.165, 1.54) is 14.0 Å². The van der Waals surface area contributed by atoms with E-state index in [0.717, 1.165) is 0 Å². The Balaban J connectivity index is 2.21. The predicted octanol–water partition coefficient (Wildman–Crippen LogP) is 2.44. The highest BCUT2D eigenvalue weighted by atomic mass is 16.7. The molecular formula is C40H70N2O13. The number of nitrogens with zero attached hydrogens (tertiary/aromatic N) is 2. The van der Waals surface area contributed by atoms with E-state index in [9.17, 15) is 35.5 Å². The van der Waals surface area contributed by atoms with Crippen molar-refractivity contribution in [3.63, 3.8) is 0 Å². The zero-order chi connectivity index (χ0) is 41.8. The van der Waals surface area contributed by atoms with Gasteiger partial charge in [-0.05, 0) is 67.9 Å². The second kappa shape index (κ2) is 19.2. The van der Waals surface area contributed by atoms with Gasteiger partial charge in [0.05, 0.1) is 53.4 Å². The third kappa shape index (κ3) is 10.6. The third-order valence-electron chi connectivity index (χ3n) is 12.5. The number of aliphatic hydroxyl groups excluding tert-OH is 3. The van der Waals surface area contributed by atoms with E-state index in [1.54, 1.807) is 55.4 Å². The fourth-order valence-electron chi connectivity index (χ4n) is 8.94. The van der Waals surface area contributed by atoms with Crippen LogP contribution in [0.2, 0.25) is 0 Å². The van der Waals surface area contributed by atoms with Crippen LogP contribution in [0.5, 0.6) is 0 Å². The van der Waals surface area contributed by atoms with Gasteiger partial charge < -0.3 is 59.2 Å². The van der Waals surface area contributed by atoms with Crippen LogP contribution >= 0.6 is 0 Å². The van der Waals surface area contributed by atoms with Crippen molar-refractivity contribution in [2.24, 2.45) is 28.8 Å². The first-order valence-electron chi connectivity index (χ1n) is 19.7. The first-order chi connectivity index (χ1) is 25.5. The van der Waals surface area contributed by atoms with Crippen molar-refractivity contribution in [3.8, 4) is 12.3 Å².